The molecule has 6 nitrogen and oxygen atoms in total. The van der Waals surface area contributed by atoms with Gasteiger partial charge in [0.25, 0.3) is 0 Å². The van der Waals surface area contributed by atoms with E-state index < -0.39 is 20.9 Å². The first-order valence-corrected chi connectivity index (χ1v) is 13.4. The van der Waals surface area contributed by atoms with Gasteiger partial charge in [0.2, 0.25) is 5.88 Å². The third kappa shape index (κ3) is 4.85. The lowest BCUT2D eigenvalue weighted by Crippen LogP contribution is -2.44. The number of aromatic nitrogens is 3. The van der Waals surface area contributed by atoms with E-state index in [1.807, 2.05) is 19.1 Å². The molecule has 2 unspecified atom stereocenters. The molecule has 3 aromatic rings. The SMILES string of the molecule is C=S(=O)(c1cnc(OC2CCC(C)CC2)c(-c2cc(C)[n+](OC)c3[nH]ccc23)c1)C(C)C(F)(F)F. The van der Waals surface area contributed by atoms with Gasteiger partial charge in [-0.2, -0.15) is 13.2 Å². The van der Waals surface area contributed by atoms with E-state index >= 15 is 0 Å². The molecule has 0 aliphatic heterocycles. The van der Waals surface area contributed by atoms with Gasteiger partial charge in [-0.25, -0.2) is 9.97 Å². The molecule has 3 aromatic heterocycles. The monoisotopic (exact) mass is 510 g/mol. The van der Waals surface area contributed by atoms with Gasteiger partial charge in [0, 0.05) is 33.8 Å². The maximum absolute atomic E-state index is 13.5. The van der Waals surface area contributed by atoms with E-state index in [0.717, 1.165) is 43.7 Å². The highest BCUT2D eigenvalue weighted by molar-refractivity contribution is 8.01. The second-order valence-corrected chi connectivity index (χ2v) is 12.0. The zero-order valence-electron chi connectivity index (χ0n) is 20.3. The molecular formula is C25H31F3N3O3S+. The van der Waals surface area contributed by atoms with Gasteiger partial charge in [-0.1, -0.05) is 6.92 Å². The third-order valence-electron chi connectivity index (χ3n) is 6.86. The van der Waals surface area contributed by atoms with Crippen LogP contribution in [0.1, 0.15) is 45.2 Å². The predicted octanol–water partition coefficient (Wildman–Crippen LogP) is 4.87. The Morgan fingerprint density at radius 2 is 1.91 bits per heavy atom. The Morgan fingerprint density at radius 1 is 1.23 bits per heavy atom. The first-order chi connectivity index (χ1) is 16.4. The molecule has 1 saturated carbocycles. The van der Waals surface area contributed by atoms with Crippen molar-refractivity contribution in [2.24, 2.45) is 5.92 Å². The number of pyridine rings is 2. The molecule has 1 aliphatic rings. The number of rotatable bonds is 6. The highest BCUT2D eigenvalue weighted by atomic mass is 32.2. The van der Waals surface area contributed by atoms with E-state index in [0.29, 0.717) is 28.6 Å². The number of nitrogens with zero attached hydrogens (tertiary/aromatic N) is 2. The Balaban J connectivity index is 1.89. The molecule has 1 fully saturated rings. The highest BCUT2D eigenvalue weighted by Gasteiger charge is 2.42. The molecule has 10 heteroatoms. The Bertz CT molecular complexity index is 1330. The molecule has 1 aliphatic carbocycles. The Hall–Kier alpha value is -2.75. The molecule has 0 bridgehead atoms. The van der Waals surface area contributed by atoms with Crippen molar-refractivity contribution >= 4 is 26.4 Å². The number of nitrogens with one attached hydrogen (secondary N) is 1. The van der Waals surface area contributed by atoms with E-state index in [4.69, 9.17) is 9.57 Å². The summed E-state index contributed by atoms with van der Waals surface area (Å²) < 4.78 is 61.7. The molecule has 0 spiro atoms. The average molecular weight is 511 g/mol. The number of halogens is 3. The molecule has 0 saturated heterocycles. The Labute approximate surface area is 203 Å². The zero-order chi connectivity index (χ0) is 25.5. The van der Waals surface area contributed by atoms with Crippen LogP contribution < -0.4 is 14.3 Å². The van der Waals surface area contributed by atoms with Gasteiger partial charge in [0.1, 0.15) is 24.2 Å². The summed E-state index contributed by atoms with van der Waals surface area (Å²) in [5, 5.41) is -1.37. The van der Waals surface area contributed by atoms with Gasteiger partial charge in [0.15, 0.2) is 0 Å². The van der Waals surface area contributed by atoms with Crippen molar-refractivity contribution in [3.63, 3.8) is 0 Å². The van der Waals surface area contributed by atoms with Crippen LogP contribution in [0, 0.1) is 12.8 Å². The lowest BCUT2D eigenvalue weighted by Gasteiger charge is -2.27. The van der Waals surface area contributed by atoms with Gasteiger partial charge >= 0.3 is 11.8 Å². The molecular weight excluding hydrogens is 479 g/mol. The quantitative estimate of drug-likeness (QED) is 0.380. The minimum atomic E-state index is -4.66. The van der Waals surface area contributed by atoms with Crippen molar-refractivity contribution in [1.29, 1.82) is 0 Å². The zero-order valence-corrected chi connectivity index (χ0v) is 21.1. The van der Waals surface area contributed by atoms with Crippen LogP contribution in [-0.4, -0.2) is 44.7 Å². The van der Waals surface area contributed by atoms with Crippen LogP contribution in [0.25, 0.3) is 22.2 Å². The molecule has 0 amide bonds. The molecule has 35 heavy (non-hydrogen) atoms. The molecule has 4 rings (SSSR count). The van der Waals surface area contributed by atoms with E-state index in [9.17, 15) is 17.4 Å². The molecule has 1 N–H and O–H groups in total. The average Bonchev–Trinajstić information content (AvgIpc) is 3.29. The van der Waals surface area contributed by atoms with Crippen molar-refractivity contribution in [2.45, 2.75) is 68.9 Å². The number of hydrogen-bond acceptors (Lipinski definition) is 4. The van der Waals surface area contributed by atoms with Crippen molar-refractivity contribution in [3.05, 3.63) is 36.3 Å². The summed E-state index contributed by atoms with van der Waals surface area (Å²) in [6.45, 7) is 4.95. The molecule has 0 aromatic carbocycles. The fourth-order valence-corrected chi connectivity index (χ4v) is 5.95. The van der Waals surface area contributed by atoms with Gasteiger partial charge in [-0.15, -0.1) is 0 Å². The summed E-state index contributed by atoms with van der Waals surface area (Å²) in [6.07, 6.45) is 2.07. The Kier molecular flexibility index (Phi) is 6.78. The highest BCUT2D eigenvalue weighted by Crippen LogP contribution is 2.38. The summed E-state index contributed by atoms with van der Waals surface area (Å²) in [6, 6.07) is 5.19. The van der Waals surface area contributed by atoms with Crippen LogP contribution in [0.4, 0.5) is 13.2 Å². The number of alkyl halides is 3. The number of aromatic amines is 1. The van der Waals surface area contributed by atoms with Gasteiger partial charge in [-0.05, 0) is 67.3 Å². The summed E-state index contributed by atoms with van der Waals surface area (Å²) >= 11 is 0. The fraction of sp³-hybridized carbons (Fsp3) is 0.480. The van der Waals surface area contributed by atoms with Crippen molar-refractivity contribution in [3.8, 4) is 17.0 Å². The minimum Gasteiger partial charge on any atom is -0.474 e. The van der Waals surface area contributed by atoms with Gasteiger partial charge in [0.05, 0.1) is 16.5 Å². The lowest BCUT2D eigenvalue weighted by molar-refractivity contribution is -0.870. The van der Waals surface area contributed by atoms with E-state index in [1.54, 1.807) is 18.0 Å². The van der Waals surface area contributed by atoms with Crippen LogP contribution in [0.15, 0.2) is 35.5 Å². The molecule has 2 atom stereocenters. The topological polar surface area (TPSA) is 68.1 Å². The number of H-pyrrole nitrogens is 1. The fourth-order valence-electron chi connectivity index (χ4n) is 4.56. The van der Waals surface area contributed by atoms with Crippen molar-refractivity contribution < 1.29 is 31.7 Å². The number of hydrogen-bond donors (Lipinski definition) is 1. The summed E-state index contributed by atoms with van der Waals surface area (Å²) in [7, 11) is -2.18. The smallest absolute Gasteiger partial charge is 0.402 e. The van der Waals surface area contributed by atoms with Crippen molar-refractivity contribution in [1.82, 2.24) is 9.97 Å². The first-order valence-electron chi connectivity index (χ1n) is 11.6. The number of ether oxygens (including phenoxy) is 1. The maximum atomic E-state index is 13.5. The Morgan fingerprint density at radius 3 is 2.54 bits per heavy atom. The summed E-state index contributed by atoms with van der Waals surface area (Å²) in [5.74, 6) is 4.42. The molecule has 190 valence electrons. The predicted molar refractivity (Wildman–Crippen MR) is 130 cm³/mol. The summed E-state index contributed by atoms with van der Waals surface area (Å²) in [4.78, 5) is 13.0. The van der Waals surface area contributed by atoms with Crippen LogP contribution in [0.5, 0.6) is 5.88 Å². The largest absolute Gasteiger partial charge is 0.474 e. The van der Waals surface area contributed by atoms with Crippen LogP contribution in [0.3, 0.4) is 0 Å². The maximum Gasteiger partial charge on any atom is 0.402 e. The third-order valence-corrected chi connectivity index (χ3v) is 9.29. The molecule has 0 radical (unpaired) electrons. The normalized spacial score (nSPS) is 21.5. The van der Waals surface area contributed by atoms with Crippen LogP contribution in [0.2, 0.25) is 0 Å². The van der Waals surface area contributed by atoms with Gasteiger partial charge < -0.3 is 9.57 Å². The minimum absolute atomic E-state index is 0.0445. The van der Waals surface area contributed by atoms with E-state index in [1.165, 1.54) is 12.3 Å². The van der Waals surface area contributed by atoms with E-state index in [-0.39, 0.29) is 11.0 Å². The number of fused-ring (bicyclic) bond motifs is 1. The second kappa shape index (κ2) is 9.37. The van der Waals surface area contributed by atoms with Gasteiger partial charge in [-0.3, -0.25) is 4.21 Å². The van der Waals surface area contributed by atoms with Crippen LogP contribution >= 0.6 is 0 Å². The van der Waals surface area contributed by atoms with E-state index in [2.05, 4.69) is 22.8 Å². The number of aryl methyl sites for hydroxylation is 1. The summed E-state index contributed by atoms with van der Waals surface area (Å²) in [5.41, 5.74) is 2.59. The standard InChI is InChI=1S/C25H30F3N3O3S/c1-15-6-8-18(9-7-15)34-24-22(13-19(14-30-24)35(5,32)17(3)25(26,27)28)21-12-16(2)31(33-4)23-20(21)10-11-29-23/h10-15,17-18H,5-9H2,1-4H3/p+1. The first kappa shape index (κ1) is 25.3. The molecule has 3 heterocycles. The van der Waals surface area contributed by atoms with Crippen molar-refractivity contribution in [2.75, 3.05) is 7.11 Å². The second-order valence-electron chi connectivity index (χ2n) is 9.35. The lowest BCUT2D eigenvalue weighted by atomic mass is 9.89. The van der Waals surface area contributed by atoms with Crippen LogP contribution in [-0.2, 0) is 9.52 Å².